The molecule has 9 rings (SSSR count). The molecule has 3 amide bonds. The summed E-state index contributed by atoms with van der Waals surface area (Å²) in [5, 5.41) is 19.3. The van der Waals surface area contributed by atoms with Gasteiger partial charge in [0.2, 0.25) is 17.6 Å². The summed E-state index contributed by atoms with van der Waals surface area (Å²) >= 11 is 1.30. The summed E-state index contributed by atoms with van der Waals surface area (Å²) in [6.07, 6.45) is 7.51. The molecule has 4 aromatic heterocycles. The van der Waals surface area contributed by atoms with Crippen molar-refractivity contribution >= 4 is 73.0 Å². The number of halogens is 1. The molecule has 3 fully saturated rings. The minimum Gasteiger partial charge on any atom is -0.492 e. The van der Waals surface area contributed by atoms with Gasteiger partial charge in [-0.1, -0.05) is 0 Å². The number of aromatic nitrogens is 7. The lowest BCUT2D eigenvalue weighted by Crippen LogP contribution is -2.57. The number of ether oxygens (including phenoxy) is 1. The summed E-state index contributed by atoms with van der Waals surface area (Å²) in [5.41, 5.74) is 3.11. The Balaban J connectivity index is 0.770. The van der Waals surface area contributed by atoms with E-state index < -0.39 is 32.5 Å². The molecular weight excluding hydrogens is 1040 g/mol. The van der Waals surface area contributed by atoms with E-state index in [9.17, 15) is 32.0 Å². The number of likely N-dealkylation sites (N-methyl/N-ethyl adjacent to an activating group) is 1. The topological polar surface area (TPSA) is 254 Å². The molecule has 4 N–H and O–H groups in total. The fourth-order valence-electron chi connectivity index (χ4n) is 9.95. The van der Waals surface area contributed by atoms with Gasteiger partial charge < -0.3 is 35.4 Å². The summed E-state index contributed by atoms with van der Waals surface area (Å²) in [7, 11) is -2.17. The van der Waals surface area contributed by atoms with Crippen LogP contribution in [0.2, 0.25) is 0 Å². The van der Waals surface area contributed by atoms with E-state index in [1.165, 1.54) is 48.1 Å². The zero-order valence-corrected chi connectivity index (χ0v) is 46.6. The zero-order valence-electron chi connectivity index (χ0n) is 45.0. The number of hydrogen-bond acceptors (Lipinski definition) is 18. The fourth-order valence-corrected chi connectivity index (χ4v) is 12.2. The molecule has 3 aliphatic rings. The number of benzene rings is 2. The smallest absolute Gasteiger partial charge is 0.274 e. The Hall–Kier alpha value is -7.02. The highest BCUT2D eigenvalue weighted by atomic mass is 32.2. The second-order valence-electron chi connectivity index (χ2n) is 21.1. The number of carbonyl (C=O) groups excluding carboxylic acids is 4. The van der Waals surface area contributed by atoms with Crippen LogP contribution < -0.4 is 25.6 Å². The summed E-state index contributed by atoms with van der Waals surface area (Å²) < 4.78 is 46.7. The molecule has 2 aromatic carbocycles. The van der Waals surface area contributed by atoms with Crippen molar-refractivity contribution in [3.63, 3.8) is 0 Å². The number of sulfone groups is 1. The molecular formula is C54H67FN14O7S2. The van der Waals surface area contributed by atoms with Crippen LogP contribution in [0.25, 0.3) is 10.9 Å². The Morgan fingerprint density at radius 3 is 2.32 bits per heavy atom. The fraction of sp³-hybridized carbons (Fsp3) is 0.481. The van der Waals surface area contributed by atoms with Gasteiger partial charge in [-0.05, 0) is 117 Å². The number of aryl methyl sites for hydroxylation is 1. The number of thiazole rings is 1. The molecule has 21 nitrogen and oxygen atoms in total. The van der Waals surface area contributed by atoms with Crippen LogP contribution in [-0.2, 0) is 19.4 Å². The van der Waals surface area contributed by atoms with Gasteiger partial charge in [0.1, 0.15) is 56.9 Å². The highest BCUT2D eigenvalue weighted by Gasteiger charge is 2.42. The molecule has 0 spiro atoms. The van der Waals surface area contributed by atoms with Crippen molar-refractivity contribution < 1.29 is 36.7 Å². The van der Waals surface area contributed by atoms with E-state index in [-0.39, 0.29) is 64.1 Å². The Kier molecular flexibility index (Phi) is 16.8. The maximum absolute atomic E-state index is 14.6. The van der Waals surface area contributed by atoms with Crippen molar-refractivity contribution in [1.82, 2.24) is 60.5 Å². The third-order valence-electron chi connectivity index (χ3n) is 15.1. The lowest BCUT2D eigenvalue weighted by molar-refractivity contribution is -0.139. The first-order valence-electron chi connectivity index (χ1n) is 26.4. The number of nitrogens with zero attached hydrogens (tertiary/aromatic N) is 10. The standard InChI is InChI=1S/C54H67FN14O7S2/c1-32-33(2)64-65-48(32)63-49-38-26-44(78(74,75)54(4,5)6)43(27-39(38)59-31-60-49)76-25-9-17-66-21-23-67(24-22-66)45-29-57-40(28-58-45)52(72)68-19-15-35(16-20-68)46(62-50(71)34(3)56-7)53(73)69-18-8-10-42(69)51-61-41(30-77-51)47(70)36-11-13-37(55)14-12-36/h11-14,26-31,34-35,42,46,56H,8-10,15-25H2,1-7H3,(H,62,71)(H2,59,60,63,64,65). The zero-order chi connectivity index (χ0) is 55.5. The van der Waals surface area contributed by atoms with Crippen molar-refractivity contribution in [2.75, 3.05) is 76.2 Å². The number of rotatable bonds is 18. The van der Waals surface area contributed by atoms with E-state index in [4.69, 9.17) is 4.74 Å². The predicted molar refractivity (Wildman–Crippen MR) is 293 cm³/mol. The van der Waals surface area contributed by atoms with Gasteiger partial charge in [-0.15, -0.1) is 11.3 Å². The lowest BCUT2D eigenvalue weighted by Gasteiger charge is -2.38. The van der Waals surface area contributed by atoms with Crippen molar-refractivity contribution in [3.8, 4) is 5.75 Å². The van der Waals surface area contributed by atoms with Crippen LogP contribution in [0.5, 0.6) is 5.75 Å². The van der Waals surface area contributed by atoms with E-state index in [0.29, 0.717) is 97.3 Å². The average Bonchev–Trinajstić information content (AvgIpc) is 4.26. The number of amides is 3. The van der Waals surface area contributed by atoms with Gasteiger partial charge in [0.25, 0.3) is 5.91 Å². The number of piperidine rings is 1. The van der Waals surface area contributed by atoms with E-state index in [1.807, 2.05) is 13.8 Å². The number of hydrogen-bond donors (Lipinski definition) is 4. The Bertz CT molecular complexity index is 3260. The van der Waals surface area contributed by atoms with E-state index in [2.05, 4.69) is 60.9 Å². The number of carbonyl (C=O) groups is 4. The second kappa shape index (κ2) is 23.5. The van der Waals surface area contributed by atoms with Crippen LogP contribution in [0.3, 0.4) is 0 Å². The molecule has 6 aromatic rings. The van der Waals surface area contributed by atoms with Crippen LogP contribution in [0, 0.1) is 25.6 Å². The van der Waals surface area contributed by atoms with Gasteiger partial charge in [0, 0.05) is 86.0 Å². The Morgan fingerprint density at radius 2 is 1.65 bits per heavy atom. The van der Waals surface area contributed by atoms with Gasteiger partial charge in [-0.25, -0.2) is 37.7 Å². The molecule has 414 valence electrons. The molecule has 24 heteroatoms. The van der Waals surface area contributed by atoms with Crippen LogP contribution in [0.4, 0.5) is 21.8 Å². The van der Waals surface area contributed by atoms with Gasteiger partial charge in [0.15, 0.2) is 15.7 Å². The Labute approximate surface area is 457 Å². The maximum atomic E-state index is 14.6. The summed E-state index contributed by atoms with van der Waals surface area (Å²) in [6.45, 7) is 15.6. The largest absolute Gasteiger partial charge is 0.492 e. The lowest BCUT2D eigenvalue weighted by atomic mass is 9.88. The number of nitrogens with one attached hydrogen (secondary N) is 4. The number of likely N-dealkylation sites (tertiary alicyclic amines) is 2. The van der Waals surface area contributed by atoms with Crippen molar-refractivity contribution in [2.45, 2.75) is 101 Å². The molecule has 78 heavy (non-hydrogen) atoms. The third-order valence-corrected chi connectivity index (χ3v) is 18.5. The molecule has 3 aliphatic heterocycles. The van der Waals surface area contributed by atoms with Crippen LogP contribution in [0.1, 0.15) is 109 Å². The number of fused-ring (bicyclic) bond motifs is 1. The first kappa shape index (κ1) is 55.7. The van der Waals surface area contributed by atoms with Crippen molar-refractivity contribution in [3.05, 3.63) is 99.5 Å². The molecule has 7 heterocycles. The minimum atomic E-state index is -3.84. The first-order valence-corrected chi connectivity index (χ1v) is 28.7. The number of ketones is 1. The van der Waals surface area contributed by atoms with Crippen molar-refractivity contribution in [1.29, 1.82) is 0 Å². The first-order chi connectivity index (χ1) is 37.3. The second-order valence-corrected chi connectivity index (χ2v) is 24.7. The van der Waals surface area contributed by atoms with E-state index in [0.717, 1.165) is 37.3 Å². The molecule has 3 saturated heterocycles. The SMILES string of the molecule is CNC(C)C(=O)NC(C(=O)N1CCCC1c1nc(C(=O)c2ccc(F)cc2)cs1)C1CCN(C(=O)c2cnc(N3CCN(CCCOc4cc5ncnc(Nc6n[nH]c(C)c6C)c5cc4S(=O)(=O)C(C)(C)C)CC3)cn2)CC1. The van der Waals surface area contributed by atoms with Gasteiger partial charge in [-0.2, -0.15) is 5.10 Å². The Morgan fingerprint density at radius 1 is 0.910 bits per heavy atom. The molecule has 0 saturated carbocycles. The monoisotopic (exact) mass is 1110 g/mol. The molecule has 3 unspecified atom stereocenters. The van der Waals surface area contributed by atoms with Crippen LogP contribution in [0.15, 0.2) is 65.4 Å². The predicted octanol–water partition coefficient (Wildman–Crippen LogP) is 5.80. The molecule has 0 bridgehead atoms. The number of H-pyrrole nitrogens is 1. The highest BCUT2D eigenvalue weighted by Crippen LogP contribution is 2.39. The molecule has 3 atom stereocenters. The van der Waals surface area contributed by atoms with Gasteiger partial charge >= 0.3 is 0 Å². The number of aromatic amines is 1. The van der Waals surface area contributed by atoms with Crippen LogP contribution in [-0.4, -0.2) is 165 Å². The summed E-state index contributed by atoms with van der Waals surface area (Å²) in [6, 6.07) is 6.78. The van der Waals surface area contributed by atoms with E-state index >= 15 is 0 Å². The minimum absolute atomic E-state index is 0.0697. The third kappa shape index (κ3) is 12.0. The summed E-state index contributed by atoms with van der Waals surface area (Å²) in [5.74, 6) is 0.0840. The van der Waals surface area contributed by atoms with E-state index in [1.54, 1.807) is 68.3 Å². The number of piperazine rings is 1. The molecule has 0 radical (unpaired) electrons. The van der Waals surface area contributed by atoms with Gasteiger partial charge in [0.05, 0.1) is 41.3 Å². The normalized spacial score (nSPS) is 17.5. The van der Waals surface area contributed by atoms with Crippen molar-refractivity contribution in [2.24, 2.45) is 5.92 Å². The quantitative estimate of drug-likeness (QED) is 0.0586. The average molecular weight is 1110 g/mol. The highest BCUT2D eigenvalue weighted by molar-refractivity contribution is 7.92. The van der Waals surface area contributed by atoms with Crippen LogP contribution >= 0.6 is 11.3 Å². The summed E-state index contributed by atoms with van der Waals surface area (Å²) in [4.78, 5) is 85.6. The molecule has 0 aliphatic carbocycles. The number of anilines is 3. The van der Waals surface area contributed by atoms with Gasteiger partial charge in [-0.3, -0.25) is 29.2 Å². The maximum Gasteiger partial charge on any atom is 0.274 e.